The Balaban J connectivity index is -0.0000000150. The van der Waals surface area contributed by atoms with E-state index in [1.807, 2.05) is 0 Å². The molecule has 0 bridgehead atoms. The third-order valence-corrected chi connectivity index (χ3v) is 0. The number of hydrogen-bond acceptors (Lipinski definition) is 1. The molecule has 0 aromatic carbocycles. The minimum absolute atomic E-state index is 0. The molecule has 0 rings (SSSR count). The van der Waals surface area contributed by atoms with E-state index in [9.17, 15) is 0 Å². The molecule has 0 radical (unpaired) electrons. The van der Waals surface area contributed by atoms with Gasteiger partial charge in [-0.05, 0) is 0 Å². The topological polar surface area (TPSA) is 121 Å². The molecule has 5 nitrogen and oxygen atoms in total. The van der Waals surface area contributed by atoms with Crippen LogP contribution in [-0.2, 0) is 16.5 Å². The average Bonchev–Trinajstić information content (AvgIpc) is 0.811. The molecule has 0 aliphatic heterocycles. The number of hydrogen-bond donors (Lipinski definition) is 2. The standard InChI is InChI=1S/CH2O3.Ni.2H2O/c2-1(3)4;;;/h(H2,2,3,4);;2*1H2. The van der Waals surface area contributed by atoms with Crippen molar-refractivity contribution < 1.29 is 42.5 Å². The number of carbonyl (C=O) groups is 1. The normalized spacial score (nSPS) is 3.43. The summed E-state index contributed by atoms with van der Waals surface area (Å²) < 4.78 is 0. The monoisotopic (exact) mass is 156 g/mol. The van der Waals surface area contributed by atoms with Crippen LogP contribution >= 0.6 is 0 Å². The van der Waals surface area contributed by atoms with Gasteiger partial charge in [0.05, 0.1) is 0 Å². The maximum Gasteiger partial charge on any atom is 0.503 e. The summed E-state index contributed by atoms with van der Waals surface area (Å²) in [7, 11) is 0. The third kappa shape index (κ3) is 770. The van der Waals surface area contributed by atoms with Gasteiger partial charge in [-0.25, -0.2) is 4.79 Å². The van der Waals surface area contributed by atoms with Crippen molar-refractivity contribution in [1.29, 1.82) is 0 Å². The molecule has 0 saturated heterocycles. The van der Waals surface area contributed by atoms with E-state index in [-0.39, 0.29) is 27.4 Å². The Bertz CT molecular complexity index is 31.1. The second kappa shape index (κ2) is 17.3. The molecule has 0 unspecified atom stereocenters. The fourth-order valence-corrected chi connectivity index (χ4v) is 0. The van der Waals surface area contributed by atoms with Crippen molar-refractivity contribution in [3.05, 3.63) is 0 Å². The number of carboxylic acid groups (broad SMARTS) is 2. The summed E-state index contributed by atoms with van der Waals surface area (Å²) >= 11 is 0. The smallest absolute Gasteiger partial charge is 0.450 e. The van der Waals surface area contributed by atoms with Gasteiger partial charge in [-0.3, -0.25) is 0 Å². The van der Waals surface area contributed by atoms with Gasteiger partial charge in [0.2, 0.25) is 0 Å². The Kier molecular flexibility index (Phi) is 74.1. The van der Waals surface area contributed by atoms with Gasteiger partial charge in [0.15, 0.2) is 0 Å². The molecule has 6 N–H and O–H groups in total. The van der Waals surface area contributed by atoms with Gasteiger partial charge >= 0.3 is 6.16 Å². The predicted molar refractivity (Wildman–Crippen MR) is 17.9 cm³/mol. The van der Waals surface area contributed by atoms with Crippen LogP contribution < -0.4 is 0 Å². The van der Waals surface area contributed by atoms with E-state index in [0.29, 0.717) is 0 Å². The van der Waals surface area contributed by atoms with Gasteiger partial charge in [-0.15, -0.1) is 0 Å². The van der Waals surface area contributed by atoms with Gasteiger partial charge in [-0.2, -0.15) is 0 Å². The van der Waals surface area contributed by atoms with Crippen LogP contribution in [0.15, 0.2) is 0 Å². The van der Waals surface area contributed by atoms with E-state index in [1.165, 1.54) is 0 Å². The fourth-order valence-electron chi connectivity index (χ4n) is 0. The molecule has 0 aliphatic rings. The van der Waals surface area contributed by atoms with Crippen LogP contribution in [0.5, 0.6) is 0 Å². The van der Waals surface area contributed by atoms with E-state index in [1.54, 1.807) is 0 Å². The summed E-state index contributed by atoms with van der Waals surface area (Å²) in [6.45, 7) is 0. The summed E-state index contributed by atoms with van der Waals surface area (Å²) in [4.78, 5) is 8.56. The van der Waals surface area contributed by atoms with Gasteiger partial charge in [-0.1, -0.05) is 0 Å². The SMILES string of the molecule is O.O.O=C(O)O.[Ni]. The quantitative estimate of drug-likeness (QED) is 0.419. The van der Waals surface area contributed by atoms with Crippen LogP contribution in [0, 0.1) is 0 Å². The van der Waals surface area contributed by atoms with Crippen LogP contribution in [0.3, 0.4) is 0 Å². The summed E-state index contributed by atoms with van der Waals surface area (Å²) in [5.41, 5.74) is 0. The van der Waals surface area contributed by atoms with Crippen molar-refractivity contribution in [3.8, 4) is 0 Å². The van der Waals surface area contributed by atoms with E-state index < -0.39 is 6.16 Å². The first-order valence-corrected chi connectivity index (χ1v) is 0.651. The first-order valence-electron chi connectivity index (χ1n) is 0.651. The maximum atomic E-state index is 8.56. The Hall–Kier alpha value is -0.316. The molecule has 0 saturated carbocycles. The molecule has 0 amide bonds. The average molecular weight is 157 g/mol. The van der Waals surface area contributed by atoms with Crippen LogP contribution in [-0.4, -0.2) is 27.3 Å². The van der Waals surface area contributed by atoms with Crippen LogP contribution in [0.2, 0.25) is 0 Å². The van der Waals surface area contributed by atoms with Crippen LogP contribution in [0.25, 0.3) is 0 Å². The van der Waals surface area contributed by atoms with Gasteiger partial charge in [0.25, 0.3) is 0 Å². The minimum Gasteiger partial charge on any atom is -0.450 e. The van der Waals surface area contributed by atoms with Crippen molar-refractivity contribution in [2.45, 2.75) is 0 Å². The Morgan fingerprint density at radius 2 is 1.14 bits per heavy atom. The molecule has 0 aromatic rings. The van der Waals surface area contributed by atoms with Crippen molar-refractivity contribution in [2.75, 3.05) is 0 Å². The largest absolute Gasteiger partial charge is 0.503 e. The Labute approximate surface area is 49.5 Å². The van der Waals surface area contributed by atoms with Crippen molar-refractivity contribution in [2.24, 2.45) is 0 Å². The van der Waals surface area contributed by atoms with Gasteiger partial charge in [0.1, 0.15) is 0 Å². The summed E-state index contributed by atoms with van der Waals surface area (Å²) in [6.07, 6.45) is -1.83. The molecule has 50 valence electrons. The molecule has 0 atom stereocenters. The molecule has 0 spiro atoms. The van der Waals surface area contributed by atoms with Crippen molar-refractivity contribution in [3.63, 3.8) is 0 Å². The first kappa shape index (κ1) is 30.0. The van der Waals surface area contributed by atoms with Crippen molar-refractivity contribution in [1.82, 2.24) is 0 Å². The molecule has 0 aliphatic carbocycles. The van der Waals surface area contributed by atoms with E-state index >= 15 is 0 Å². The molecular formula is CH6NiO5. The Morgan fingerprint density at radius 1 is 1.14 bits per heavy atom. The van der Waals surface area contributed by atoms with Gasteiger partial charge in [0, 0.05) is 16.5 Å². The second-order valence-electron chi connectivity index (χ2n) is 0.283. The van der Waals surface area contributed by atoms with E-state index in [2.05, 4.69) is 0 Å². The fraction of sp³-hybridized carbons (Fsp3) is 0. The zero-order valence-corrected chi connectivity index (χ0v) is 4.11. The van der Waals surface area contributed by atoms with E-state index in [0.717, 1.165) is 0 Å². The van der Waals surface area contributed by atoms with Crippen LogP contribution in [0.4, 0.5) is 4.79 Å². The zero-order chi connectivity index (χ0) is 3.58. The summed E-state index contributed by atoms with van der Waals surface area (Å²) in [6, 6.07) is 0. The predicted octanol–water partition coefficient (Wildman–Crippen LogP) is -1.43. The maximum absolute atomic E-state index is 8.56. The van der Waals surface area contributed by atoms with Gasteiger partial charge < -0.3 is 21.2 Å². The first-order chi connectivity index (χ1) is 1.73. The van der Waals surface area contributed by atoms with Crippen molar-refractivity contribution >= 4 is 6.16 Å². The molecule has 0 aromatic heterocycles. The molecule has 6 heteroatoms. The zero-order valence-electron chi connectivity index (χ0n) is 3.12. The molecule has 7 heavy (non-hydrogen) atoms. The minimum atomic E-state index is -1.83. The van der Waals surface area contributed by atoms with E-state index in [4.69, 9.17) is 15.0 Å². The molecule has 0 fully saturated rings. The Morgan fingerprint density at radius 3 is 1.14 bits per heavy atom. The summed E-state index contributed by atoms with van der Waals surface area (Å²) in [5, 5.41) is 13.9. The van der Waals surface area contributed by atoms with Crippen LogP contribution in [0.1, 0.15) is 0 Å². The second-order valence-corrected chi connectivity index (χ2v) is 0.283. The number of rotatable bonds is 0. The molecular weight excluding hydrogens is 151 g/mol. The molecule has 0 heterocycles. The third-order valence-electron chi connectivity index (χ3n) is 0. The summed E-state index contributed by atoms with van der Waals surface area (Å²) in [5.74, 6) is 0.